The Morgan fingerprint density at radius 1 is 1.05 bits per heavy atom. The molecule has 0 bridgehead atoms. The monoisotopic (exact) mass is 290 g/mol. The average Bonchev–Trinajstić information content (AvgIpc) is 2.52. The van der Waals surface area contributed by atoms with Gasteiger partial charge in [0.15, 0.2) is 0 Å². The van der Waals surface area contributed by atoms with Crippen LogP contribution in [0.15, 0.2) is 47.8 Å². The molecule has 0 saturated carbocycles. The van der Waals surface area contributed by atoms with Crippen molar-refractivity contribution in [3.05, 3.63) is 53.7 Å². The first-order valence-corrected chi connectivity index (χ1v) is 7.60. The third-order valence-electron chi connectivity index (χ3n) is 4.61. The van der Waals surface area contributed by atoms with Crippen LogP contribution in [0.25, 0.3) is 21.7 Å². The lowest BCUT2D eigenvalue weighted by atomic mass is 9.73. The summed E-state index contributed by atoms with van der Waals surface area (Å²) in [7, 11) is 0. The van der Waals surface area contributed by atoms with Crippen molar-refractivity contribution >= 4 is 27.4 Å². The minimum Gasteiger partial charge on any atom is -0.411 e. The number of hydrogen-bond acceptors (Lipinski definition) is 3. The van der Waals surface area contributed by atoms with Gasteiger partial charge in [-0.1, -0.05) is 55.4 Å². The summed E-state index contributed by atoms with van der Waals surface area (Å²) in [6.45, 7) is 4.43. The van der Waals surface area contributed by atoms with E-state index < -0.39 is 0 Å². The number of oxime groups is 1. The third-order valence-corrected chi connectivity index (χ3v) is 4.61. The van der Waals surface area contributed by atoms with Gasteiger partial charge in [-0.05, 0) is 29.2 Å². The highest BCUT2D eigenvalue weighted by Gasteiger charge is 2.31. The predicted octanol–water partition coefficient (Wildman–Crippen LogP) is 4.54. The summed E-state index contributed by atoms with van der Waals surface area (Å²) in [5, 5.41) is 16.5. The lowest BCUT2D eigenvalue weighted by Gasteiger charge is -2.32. The molecule has 1 aliphatic carbocycles. The zero-order chi connectivity index (χ0) is 15.3. The third kappa shape index (κ3) is 1.89. The van der Waals surface area contributed by atoms with Crippen LogP contribution >= 0.6 is 0 Å². The molecule has 1 heterocycles. The Morgan fingerprint density at radius 3 is 2.68 bits per heavy atom. The van der Waals surface area contributed by atoms with Gasteiger partial charge in [0.2, 0.25) is 0 Å². The number of benzene rings is 2. The highest BCUT2D eigenvalue weighted by Crippen LogP contribution is 2.39. The van der Waals surface area contributed by atoms with Gasteiger partial charge in [0.25, 0.3) is 0 Å². The van der Waals surface area contributed by atoms with E-state index >= 15 is 0 Å². The molecule has 0 amide bonds. The Bertz CT molecular complexity index is 925. The average molecular weight is 290 g/mol. The van der Waals surface area contributed by atoms with Crippen molar-refractivity contribution in [2.75, 3.05) is 0 Å². The molecule has 3 aromatic rings. The lowest BCUT2D eigenvalue weighted by Crippen LogP contribution is -2.28. The molecule has 0 spiro atoms. The molecule has 0 aliphatic heterocycles. The Labute approximate surface area is 129 Å². The van der Waals surface area contributed by atoms with E-state index in [1.54, 1.807) is 0 Å². The van der Waals surface area contributed by atoms with Crippen molar-refractivity contribution in [2.24, 2.45) is 10.6 Å². The maximum Gasteiger partial charge on any atom is 0.0891 e. The summed E-state index contributed by atoms with van der Waals surface area (Å²) in [5.74, 6) is 0. The number of pyridine rings is 1. The van der Waals surface area contributed by atoms with Gasteiger partial charge in [-0.25, -0.2) is 0 Å². The van der Waals surface area contributed by atoms with Crippen molar-refractivity contribution in [1.29, 1.82) is 0 Å². The van der Waals surface area contributed by atoms with Gasteiger partial charge in [0, 0.05) is 22.5 Å². The Kier molecular flexibility index (Phi) is 2.73. The minimum atomic E-state index is 0.0918. The molecule has 0 unspecified atom stereocenters. The number of nitrogens with zero attached hydrogens (tertiary/aromatic N) is 2. The van der Waals surface area contributed by atoms with Crippen LogP contribution in [0.4, 0.5) is 0 Å². The molecule has 2 aromatic carbocycles. The maximum absolute atomic E-state index is 9.37. The molecule has 1 aliphatic rings. The van der Waals surface area contributed by atoms with Crippen LogP contribution in [0.3, 0.4) is 0 Å². The van der Waals surface area contributed by atoms with Gasteiger partial charge in [-0.15, -0.1) is 0 Å². The molecule has 0 fully saturated rings. The van der Waals surface area contributed by atoms with Crippen LogP contribution in [0.5, 0.6) is 0 Å². The molecule has 3 heteroatoms. The molecule has 0 atom stereocenters. The van der Waals surface area contributed by atoms with Crippen molar-refractivity contribution in [1.82, 2.24) is 4.98 Å². The second kappa shape index (κ2) is 4.54. The summed E-state index contributed by atoms with van der Waals surface area (Å²) in [5.41, 5.74) is 4.11. The Balaban J connectivity index is 2.10. The van der Waals surface area contributed by atoms with Crippen molar-refractivity contribution in [3.8, 4) is 0 Å². The standard InChI is InChI=1S/C19H18N2O/c1-19(2)9-15-14-8-7-12-5-3-4-6-13(12)18(14)20-11-16(15)17(10-19)21-22/h3-8,11,22H,9-10H2,1-2H3/b21-17-. The van der Waals surface area contributed by atoms with Gasteiger partial charge in [0.05, 0.1) is 11.2 Å². The first-order valence-electron chi connectivity index (χ1n) is 7.60. The summed E-state index contributed by atoms with van der Waals surface area (Å²) in [6.07, 6.45) is 3.62. The normalized spacial score (nSPS) is 18.7. The fraction of sp³-hybridized carbons (Fsp3) is 0.263. The first kappa shape index (κ1) is 13.3. The lowest BCUT2D eigenvalue weighted by molar-refractivity contribution is 0.307. The second-order valence-electron chi connectivity index (χ2n) is 6.90. The fourth-order valence-corrected chi connectivity index (χ4v) is 3.61. The summed E-state index contributed by atoms with van der Waals surface area (Å²) >= 11 is 0. The quantitative estimate of drug-likeness (QED) is 0.375. The fourth-order valence-electron chi connectivity index (χ4n) is 3.61. The first-order chi connectivity index (χ1) is 10.6. The van der Waals surface area contributed by atoms with Crippen LogP contribution in [-0.2, 0) is 6.42 Å². The van der Waals surface area contributed by atoms with Crippen molar-refractivity contribution in [2.45, 2.75) is 26.7 Å². The highest BCUT2D eigenvalue weighted by molar-refractivity contribution is 6.11. The molecule has 0 radical (unpaired) electrons. The highest BCUT2D eigenvalue weighted by atomic mass is 16.4. The number of aromatic nitrogens is 1. The van der Waals surface area contributed by atoms with E-state index in [-0.39, 0.29) is 5.41 Å². The SMILES string of the molecule is CC1(C)C/C(=N/O)c2cnc3c(ccc4ccccc43)c2C1. The molecule has 22 heavy (non-hydrogen) atoms. The van der Waals surface area contributed by atoms with Crippen LogP contribution in [0, 0.1) is 5.41 Å². The van der Waals surface area contributed by atoms with Gasteiger partial charge >= 0.3 is 0 Å². The van der Waals surface area contributed by atoms with Crippen molar-refractivity contribution < 1.29 is 5.21 Å². The van der Waals surface area contributed by atoms with E-state index in [4.69, 9.17) is 0 Å². The number of hydrogen-bond donors (Lipinski definition) is 1. The van der Waals surface area contributed by atoms with E-state index in [1.807, 2.05) is 18.3 Å². The molecule has 0 saturated heterocycles. The van der Waals surface area contributed by atoms with Gasteiger partial charge in [0.1, 0.15) is 0 Å². The zero-order valence-electron chi connectivity index (χ0n) is 12.8. The summed E-state index contributed by atoms with van der Waals surface area (Å²) < 4.78 is 0. The summed E-state index contributed by atoms with van der Waals surface area (Å²) in [4.78, 5) is 4.68. The molecule has 3 nitrogen and oxygen atoms in total. The van der Waals surface area contributed by atoms with Gasteiger partial charge < -0.3 is 5.21 Å². The largest absolute Gasteiger partial charge is 0.411 e. The van der Waals surface area contributed by atoms with Crippen LogP contribution in [0.1, 0.15) is 31.4 Å². The van der Waals surface area contributed by atoms with E-state index in [1.165, 1.54) is 21.7 Å². The summed E-state index contributed by atoms with van der Waals surface area (Å²) in [6, 6.07) is 12.6. The van der Waals surface area contributed by atoms with E-state index in [9.17, 15) is 5.21 Å². The second-order valence-corrected chi connectivity index (χ2v) is 6.90. The van der Waals surface area contributed by atoms with Crippen molar-refractivity contribution in [3.63, 3.8) is 0 Å². The number of fused-ring (bicyclic) bond motifs is 5. The van der Waals surface area contributed by atoms with Crippen LogP contribution in [0.2, 0.25) is 0 Å². The maximum atomic E-state index is 9.37. The Hall–Kier alpha value is -2.42. The zero-order valence-corrected chi connectivity index (χ0v) is 12.8. The molecule has 110 valence electrons. The topological polar surface area (TPSA) is 45.5 Å². The predicted molar refractivity (Wildman–Crippen MR) is 89.7 cm³/mol. The Morgan fingerprint density at radius 2 is 1.86 bits per heavy atom. The van der Waals surface area contributed by atoms with E-state index in [0.717, 1.165) is 29.6 Å². The molecule has 1 N–H and O–H groups in total. The van der Waals surface area contributed by atoms with Crippen LogP contribution in [-0.4, -0.2) is 15.9 Å². The molecular weight excluding hydrogens is 272 g/mol. The smallest absolute Gasteiger partial charge is 0.0891 e. The molecule has 4 rings (SSSR count). The number of rotatable bonds is 0. The van der Waals surface area contributed by atoms with Crippen LogP contribution < -0.4 is 0 Å². The van der Waals surface area contributed by atoms with Gasteiger partial charge in [-0.3, -0.25) is 4.98 Å². The molecular formula is C19H18N2O. The molecule has 1 aromatic heterocycles. The van der Waals surface area contributed by atoms with E-state index in [0.29, 0.717) is 0 Å². The van der Waals surface area contributed by atoms with Gasteiger partial charge in [-0.2, -0.15) is 0 Å². The minimum absolute atomic E-state index is 0.0918. The van der Waals surface area contributed by atoms with E-state index in [2.05, 4.69) is 48.3 Å².